The van der Waals surface area contributed by atoms with Crippen LogP contribution in [0.1, 0.15) is 106 Å². The Hall–Kier alpha value is -6.69. The number of cyclic esters (lactones) is 1. The Labute approximate surface area is 379 Å². The number of carbonyl (C=O) groups is 6. The van der Waals surface area contributed by atoms with Crippen LogP contribution in [0.15, 0.2) is 41.2 Å². The molecule has 0 bridgehead atoms. The fourth-order valence-corrected chi connectivity index (χ4v) is 9.60. The number of likely N-dealkylation sites (tertiary alicyclic amines) is 1. The summed E-state index contributed by atoms with van der Waals surface area (Å²) in [5.41, 5.74) is 2.00. The minimum Gasteiger partial charge on any atom is -0.484 e. The number of carbonyl (C=O) groups excluding carboxylic acids is 6. The van der Waals surface area contributed by atoms with Crippen molar-refractivity contribution < 1.29 is 47.7 Å². The Kier molecular flexibility index (Phi) is 12.5. The van der Waals surface area contributed by atoms with Crippen molar-refractivity contribution in [1.82, 2.24) is 30.4 Å². The molecule has 0 spiro atoms. The van der Waals surface area contributed by atoms with E-state index in [0.717, 1.165) is 5.56 Å². The lowest BCUT2D eigenvalue weighted by Gasteiger charge is -2.32. The molecule has 8 rings (SSSR count). The van der Waals surface area contributed by atoms with E-state index in [2.05, 4.69) is 21.3 Å². The van der Waals surface area contributed by atoms with Crippen LogP contribution in [0.5, 0.6) is 5.75 Å². The number of hydrogen-bond acceptors (Lipinski definition) is 11. The number of esters is 1. The summed E-state index contributed by atoms with van der Waals surface area (Å²) in [6.45, 7) is 9.92. The maximum atomic E-state index is 15.4. The summed E-state index contributed by atoms with van der Waals surface area (Å²) in [6.07, 6.45) is 2.06. The summed E-state index contributed by atoms with van der Waals surface area (Å²) >= 11 is 0. The topological polar surface area (TPSA) is 227 Å². The minimum atomic E-state index is -2.03. The molecule has 1 saturated heterocycles. The van der Waals surface area contributed by atoms with Crippen molar-refractivity contribution in [3.05, 3.63) is 85.9 Å². The number of aryl methyl sites for hydroxylation is 1. The summed E-state index contributed by atoms with van der Waals surface area (Å²) in [6, 6.07) is 6.21. The van der Waals surface area contributed by atoms with Gasteiger partial charge in [-0.3, -0.25) is 28.8 Å². The van der Waals surface area contributed by atoms with Crippen LogP contribution in [0.25, 0.3) is 22.3 Å². The first-order valence-corrected chi connectivity index (χ1v) is 22.5. The Morgan fingerprint density at radius 3 is 2.44 bits per heavy atom. The smallest absolute Gasteiger partial charge is 0.343 e. The Morgan fingerprint density at radius 2 is 1.74 bits per heavy atom. The molecule has 0 saturated carbocycles. The molecule has 3 aliphatic heterocycles. The monoisotopic (exact) mass is 907 g/mol. The standard InChI is InChI=1S/C48H54FN7O10/c1-7-37(57)54-41(23(3)4)45(61)50-25(6)43(59)51-26-11-13-27(14-12-26)65-22-38(58)55-17-9-10-35(55)44(60)53-33-16-15-28-24(5)32(49)19-34-39(28)40(33)29-20-56-36(42(29)52-34)18-31-30(46(56)62)21-66-47(63)48(31,64)8-2/h11-14,18-19,23,25,33,35,41,64H,7-10,15-17,20-22H2,1-6H3,(H,50,61)(H,51,59)(H,53,60)(H,54,57)/t25-,33-,35+,41-,48-/m0/s1. The number of amides is 5. The number of hydrogen-bond donors (Lipinski definition) is 5. The van der Waals surface area contributed by atoms with Gasteiger partial charge in [0.2, 0.25) is 23.6 Å². The SMILES string of the molecule is CCC(=O)N[C@H](C(=O)N[C@@H](C)C(=O)Nc1ccc(OCC(=O)N2CCC[C@@H]2C(=O)N[C@H]2CCc3c(C)c(F)cc4nc5c(c2c34)Cn2c-5cc3c(c2=O)COC(=O)[C@]3(O)CC)cc1)C(C)C. The van der Waals surface area contributed by atoms with Gasteiger partial charge in [0.15, 0.2) is 12.2 Å². The largest absolute Gasteiger partial charge is 0.484 e. The molecule has 0 unspecified atom stereocenters. The maximum absolute atomic E-state index is 15.4. The third kappa shape index (κ3) is 8.15. The average molecular weight is 908 g/mol. The number of aliphatic hydroxyl groups is 1. The van der Waals surface area contributed by atoms with Crippen LogP contribution >= 0.6 is 0 Å². The molecule has 2 aromatic carbocycles. The zero-order valence-electron chi connectivity index (χ0n) is 37.8. The molecule has 4 aliphatic rings. The second-order valence-electron chi connectivity index (χ2n) is 17.8. The van der Waals surface area contributed by atoms with Gasteiger partial charge in [0, 0.05) is 41.2 Å². The molecule has 66 heavy (non-hydrogen) atoms. The molecule has 0 radical (unpaired) electrons. The van der Waals surface area contributed by atoms with E-state index in [1.54, 1.807) is 65.0 Å². The number of pyridine rings is 2. The van der Waals surface area contributed by atoms with Gasteiger partial charge in [-0.15, -0.1) is 0 Å². The number of rotatable bonds is 13. The number of ether oxygens (including phenoxy) is 2. The highest BCUT2D eigenvalue weighted by molar-refractivity contribution is 5.98. The molecule has 18 heteroatoms. The molecule has 5 amide bonds. The van der Waals surface area contributed by atoms with Crippen molar-refractivity contribution in [2.45, 2.75) is 123 Å². The van der Waals surface area contributed by atoms with Crippen molar-refractivity contribution in [1.29, 1.82) is 0 Å². The Morgan fingerprint density at radius 1 is 1.00 bits per heavy atom. The highest BCUT2D eigenvalue weighted by Crippen LogP contribution is 2.46. The highest BCUT2D eigenvalue weighted by Gasteiger charge is 2.46. The fraction of sp³-hybridized carbons (Fsp3) is 0.458. The third-order valence-corrected chi connectivity index (χ3v) is 13.4. The van der Waals surface area contributed by atoms with Gasteiger partial charge in [-0.2, -0.15) is 0 Å². The van der Waals surface area contributed by atoms with E-state index in [1.807, 2.05) is 0 Å². The van der Waals surface area contributed by atoms with Crippen LogP contribution in [0.3, 0.4) is 0 Å². The fourth-order valence-electron chi connectivity index (χ4n) is 9.60. The van der Waals surface area contributed by atoms with Crippen LogP contribution in [0.2, 0.25) is 0 Å². The summed E-state index contributed by atoms with van der Waals surface area (Å²) in [7, 11) is 0. The first-order chi connectivity index (χ1) is 31.4. The molecule has 348 valence electrons. The molecule has 1 aliphatic carbocycles. The van der Waals surface area contributed by atoms with E-state index in [-0.39, 0.29) is 61.5 Å². The first-order valence-electron chi connectivity index (χ1n) is 22.5. The quantitative estimate of drug-likeness (QED) is 0.107. The van der Waals surface area contributed by atoms with Crippen LogP contribution in [-0.2, 0) is 58.7 Å². The third-order valence-electron chi connectivity index (χ3n) is 13.4. The van der Waals surface area contributed by atoms with Crippen molar-refractivity contribution in [2.24, 2.45) is 5.92 Å². The molecule has 2 aromatic heterocycles. The summed E-state index contributed by atoms with van der Waals surface area (Å²) in [5.74, 6) is -3.12. The Balaban J connectivity index is 0.952. The molecule has 4 aromatic rings. The lowest BCUT2D eigenvalue weighted by Crippen LogP contribution is -2.53. The molecule has 5 N–H and O–H groups in total. The van der Waals surface area contributed by atoms with E-state index < -0.39 is 64.8 Å². The second kappa shape index (κ2) is 17.9. The van der Waals surface area contributed by atoms with E-state index in [1.165, 1.54) is 22.5 Å². The molecule has 5 atom stereocenters. The molecule has 1 fully saturated rings. The van der Waals surface area contributed by atoms with Crippen molar-refractivity contribution in [2.75, 3.05) is 18.5 Å². The molecule has 17 nitrogen and oxygen atoms in total. The van der Waals surface area contributed by atoms with Crippen LogP contribution in [-0.4, -0.2) is 86.3 Å². The number of halogens is 1. The summed E-state index contributed by atoms with van der Waals surface area (Å²) in [5, 5.41) is 23.4. The zero-order valence-corrected chi connectivity index (χ0v) is 37.8. The number of anilines is 1. The van der Waals surface area contributed by atoms with Crippen molar-refractivity contribution >= 4 is 52.1 Å². The van der Waals surface area contributed by atoms with Crippen molar-refractivity contribution in [3.8, 4) is 17.1 Å². The second-order valence-corrected chi connectivity index (χ2v) is 17.8. The number of benzene rings is 2. The zero-order chi connectivity index (χ0) is 47.4. The predicted molar refractivity (Wildman–Crippen MR) is 238 cm³/mol. The number of nitrogens with zero attached hydrogens (tertiary/aromatic N) is 3. The van der Waals surface area contributed by atoms with Gasteiger partial charge in [-0.25, -0.2) is 14.2 Å². The van der Waals surface area contributed by atoms with Gasteiger partial charge < -0.3 is 45.3 Å². The highest BCUT2D eigenvalue weighted by atomic mass is 19.1. The Bertz CT molecular complexity index is 2750. The first kappa shape index (κ1) is 45.9. The summed E-state index contributed by atoms with van der Waals surface area (Å²) < 4.78 is 28.0. The van der Waals surface area contributed by atoms with E-state index >= 15 is 4.39 Å². The van der Waals surface area contributed by atoms with Gasteiger partial charge in [0.1, 0.15) is 36.3 Å². The van der Waals surface area contributed by atoms with Crippen LogP contribution in [0.4, 0.5) is 10.1 Å². The molecular formula is C48H54FN7O10. The number of nitrogens with one attached hydrogen (secondary N) is 4. The van der Waals surface area contributed by atoms with E-state index in [9.17, 15) is 38.7 Å². The van der Waals surface area contributed by atoms with Gasteiger partial charge >= 0.3 is 5.97 Å². The van der Waals surface area contributed by atoms with Crippen molar-refractivity contribution in [3.63, 3.8) is 0 Å². The van der Waals surface area contributed by atoms with Gasteiger partial charge in [0.25, 0.3) is 11.5 Å². The van der Waals surface area contributed by atoms with Gasteiger partial charge in [-0.1, -0.05) is 27.7 Å². The molecular weight excluding hydrogens is 854 g/mol. The van der Waals surface area contributed by atoms with Gasteiger partial charge in [0.05, 0.1) is 35.1 Å². The summed E-state index contributed by atoms with van der Waals surface area (Å²) in [4.78, 5) is 98.8. The maximum Gasteiger partial charge on any atom is 0.343 e. The predicted octanol–water partition coefficient (Wildman–Crippen LogP) is 3.69. The number of aromatic nitrogens is 2. The van der Waals surface area contributed by atoms with Crippen LogP contribution < -0.4 is 31.6 Å². The van der Waals surface area contributed by atoms with Crippen LogP contribution in [0, 0.1) is 18.7 Å². The minimum absolute atomic E-state index is 0.0264. The molecule has 5 heterocycles. The van der Waals surface area contributed by atoms with E-state index in [0.29, 0.717) is 82.6 Å². The van der Waals surface area contributed by atoms with Gasteiger partial charge in [-0.05, 0) is 98.9 Å². The lowest BCUT2D eigenvalue weighted by atomic mass is 9.81. The lowest BCUT2D eigenvalue weighted by molar-refractivity contribution is -0.172. The average Bonchev–Trinajstić information content (AvgIpc) is 3.94. The van der Waals surface area contributed by atoms with E-state index in [4.69, 9.17) is 14.5 Å². The number of fused-ring (bicyclic) bond motifs is 5. The normalized spacial score (nSPS) is 20.1.